The molecule has 1 heterocycles. The minimum atomic E-state index is -3.47. The van der Waals surface area contributed by atoms with Crippen LogP contribution in [0.2, 0.25) is 0 Å². The third kappa shape index (κ3) is 4.64. The summed E-state index contributed by atoms with van der Waals surface area (Å²) < 4.78 is 28.1. The van der Waals surface area contributed by atoms with Crippen LogP contribution in [-0.4, -0.2) is 48.8 Å². The SMILES string of the molecule is CC(C)(C)c1ccc(C(=S)N2CCN(S(=O)(=O)c3ccc(Br)cc3)CC2)cc1. The van der Waals surface area contributed by atoms with Gasteiger partial charge in [-0.1, -0.05) is 73.2 Å². The van der Waals surface area contributed by atoms with Gasteiger partial charge in [0.25, 0.3) is 0 Å². The first-order valence-corrected chi connectivity index (χ1v) is 11.9. The molecule has 1 saturated heterocycles. The second-order valence-corrected chi connectivity index (χ2v) is 11.2. The maximum absolute atomic E-state index is 12.8. The zero-order valence-electron chi connectivity index (χ0n) is 16.4. The molecule has 1 fully saturated rings. The molecule has 0 saturated carbocycles. The number of hydrogen-bond acceptors (Lipinski definition) is 3. The first kappa shape index (κ1) is 21.4. The van der Waals surface area contributed by atoms with Crippen molar-refractivity contribution in [3.05, 3.63) is 64.1 Å². The largest absolute Gasteiger partial charge is 0.360 e. The van der Waals surface area contributed by atoms with Gasteiger partial charge >= 0.3 is 0 Å². The van der Waals surface area contributed by atoms with Crippen molar-refractivity contribution in [2.45, 2.75) is 31.1 Å². The van der Waals surface area contributed by atoms with Crippen molar-refractivity contribution in [1.82, 2.24) is 9.21 Å². The molecule has 2 aromatic carbocycles. The summed E-state index contributed by atoms with van der Waals surface area (Å²) in [6.07, 6.45) is 0. The van der Waals surface area contributed by atoms with Crippen LogP contribution in [0.1, 0.15) is 31.9 Å². The van der Waals surface area contributed by atoms with E-state index in [0.29, 0.717) is 31.1 Å². The third-order valence-corrected chi connectivity index (χ3v) is 7.91. The van der Waals surface area contributed by atoms with Crippen molar-refractivity contribution in [2.24, 2.45) is 0 Å². The summed E-state index contributed by atoms with van der Waals surface area (Å²) in [5, 5.41) is 0. The van der Waals surface area contributed by atoms with Gasteiger partial charge in [0.1, 0.15) is 4.99 Å². The van der Waals surface area contributed by atoms with Crippen LogP contribution in [0, 0.1) is 0 Å². The fraction of sp³-hybridized carbons (Fsp3) is 0.381. The Kier molecular flexibility index (Phi) is 6.29. The van der Waals surface area contributed by atoms with Gasteiger partial charge in [-0.25, -0.2) is 8.42 Å². The summed E-state index contributed by atoms with van der Waals surface area (Å²) in [6, 6.07) is 15.1. The number of halogens is 1. The molecule has 0 radical (unpaired) electrons. The van der Waals surface area contributed by atoms with Gasteiger partial charge < -0.3 is 4.90 Å². The highest BCUT2D eigenvalue weighted by Gasteiger charge is 2.29. The lowest BCUT2D eigenvalue weighted by Crippen LogP contribution is -2.50. The highest BCUT2D eigenvalue weighted by Crippen LogP contribution is 2.24. The Bertz CT molecular complexity index is 941. The average Bonchev–Trinajstić information content (AvgIpc) is 2.67. The molecule has 0 amide bonds. The second kappa shape index (κ2) is 8.22. The summed E-state index contributed by atoms with van der Waals surface area (Å²) >= 11 is 9.01. The predicted octanol–water partition coefficient (Wildman–Crippen LogP) is 4.43. The number of benzene rings is 2. The highest BCUT2D eigenvalue weighted by atomic mass is 79.9. The topological polar surface area (TPSA) is 40.6 Å². The number of nitrogens with zero attached hydrogens (tertiary/aromatic N) is 2. The van der Waals surface area contributed by atoms with E-state index >= 15 is 0 Å². The van der Waals surface area contributed by atoms with Gasteiger partial charge in [0.05, 0.1) is 4.90 Å². The number of piperazine rings is 1. The van der Waals surface area contributed by atoms with E-state index in [-0.39, 0.29) is 5.41 Å². The summed E-state index contributed by atoms with van der Waals surface area (Å²) in [6.45, 7) is 8.60. The normalized spacial score (nSPS) is 16.2. The lowest BCUT2D eigenvalue weighted by molar-refractivity contribution is 0.269. The predicted molar refractivity (Wildman–Crippen MR) is 121 cm³/mol. The van der Waals surface area contributed by atoms with Gasteiger partial charge in [0, 0.05) is 36.2 Å². The first-order chi connectivity index (χ1) is 13.1. The van der Waals surface area contributed by atoms with Gasteiger partial charge in [0.2, 0.25) is 10.0 Å². The molecule has 0 atom stereocenters. The number of sulfonamides is 1. The number of hydrogen-bond donors (Lipinski definition) is 0. The van der Waals surface area contributed by atoms with E-state index in [0.717, 1.165) is 15.0 Å². The van der Waals surface area contributed by atoms with Crippen molar-refractivity contribution in [1.29, 1.82) is 0 Å². The Morgan fingerprint density at radius 2 is 1.46 bits per heavy atom. The quantitative estimate of drug-likeness (QED) is 0.609. The fourth-order valence-corrected chi connectivity index (χ4v) is 5.19. The zero-order valence-corrected chi connectivity index (χ0v) is 19.6. The summed E-state index contributed by atoms with van der Waals surface area (Å²) in [5.74, 6) is 0. The van der Waals surface area contributed by atoms with Crippen LogP contribution < -0.4 is 0 Å². The van der Waals surface area contributed by atoms with E-state index in [1.807, 2.05) is 0 Å². The Morgan fingerprint density at radius 1 is 0.929 bits per heavy atom. The van der Waals surface area contributed by atoms with Crippen LogP contribution in [0.5, 0.6) is 0 Å². The third-order valence-electron chi connectivity index (χ3n) is 4.98. The monoisotopic (exact) mass is 480 g/mol. The molecule has 0 bridgehead atoms. The Balaban J connectivity index is 1.66. The van der Waals surface area contributed by atoms with E-state index in [4.69, 9.17) is 12.2 Å². The second-order valence-electron chi connectivity index (χ2n) is 7.98. The van der Waals surface area contributed by atoms with E-state index in [9.17, 15) is 8.42 Å². The van der Waals surface area contributed by atoms with E-state index in [2.05, 4.69) is 65.9 Å². The summed E-state index contributed by atoms with van der Waals surface area (Å²) in [5.41, 5.74) is 2.38. The lowest BCUT2D eigenvalue weighted by atomic mass is 9.87. The number of thiocarbonyl (C=S) groups is 1. The Hall–Kier alpha value is -1.28. The molecule has 2 aromatic rings. The molecule has 1 aliphatic rings. The van der Waals surface area contributed by atoms with Crippen molar-refractivity contribution in [2.75, 3.05) is 26.2 Å². The van der Waals surface area contributed by atoms with Gasteiger partial charge in [-0.2, -0.15) is 4.31 Å². The molecular formula is C21H25BrN2O2S2. The average molecular weight is 481 g/mol. The molecule has 0 aliphatic carbocycles. The fourth-order valence-electron chi connectivity index (χ4n) is 3.18. The zero-order chi connectivity index (χ0) is 20.5. The molecule has 4 nitrogen and oxygen atoms in total. The molecule has 0 spiro atoms. The smallest absolute Gasteiger partial charge is 0.243 e. The highest BCUT2D eigenvalue weighted by molar-refractivity contribution is 9.10. The summed E-state index contributed by atoms with van der Waals surface area (Å²) in [4.78, 5) is 3.19. The minimum Gasteiger partial charge on any atom is -0.360 e. The molecule has 0 N–H and O–H groups in total. The molecular weight excluding hydrogens is 456 g/mol. The van der Waals surface area contributed by atoms with Crippen molar-refractivity contribution in [3.63, 3.8) is 0 Å². The Morgan fingerprint density at radius 3 is 1.96 bits per heavy atom. The maximum atomic E-state index is 12.8. The summed E-state index contributed by atoms with van der Waals surface area (Å²) in [7, 11) is -3.47. The molecule has 3 rings (SSSR count). The van der Waals surface area contributed by atoms with Crippen LogP contribution in [0.25, 0.3) is 0 Å². The van der Waals surface area contributed by atoms with Crippen LogP contribution in [0.15, 0.2) is 57.9 Å². The van der Waals surface area contributed by atoms with Gasteiger partial charge in [-0.05, 0) is 35.2 Å². The van der Waals surface area contributed by atoms with Crippen LogP contribution in [0.3, 0.4) is 0 Å². The molecule has 28 heavy (non-hydrogen) atoms. The minimum absolute atomic E-state index is 0.104. The van der Waals surface area contributed by atoms with Crippen LogP contribution >= 0.6 is 28.1 Å². The van der Waals surface area contributed by atoms with Crippen molar-refractivity contribution >= 4 is 43.2 Å². The van der Waals surface area contributed by atoms with Gasteiger partial charge in [-0.3, -0.25) is 0 Å². The molecule has 0 aromatic heterocycles. The first-order valence-electron chi connectivity index (χ1n) is 9.24. The Labute approximate surface area is 181 Å². The number of rotatable bonds is 3. The lowest BCUT2D eigenvalue weighted by Gasteiger charge is -2.35. The van der Waals surface area contributed by atoms with E-state index in [1.165, 1.54) is 9.87 Å². The van der Waals surface area contributed by atoms with E-state index in [1.54, 1.807) is 24.3 Å². The standard InChI is InChI=1S/C21H25BrN2O2S2/c1-21(2,3)17-6-4-16(5-7-17)20(27)23-12-14-24(15-13-23)28(25,26)19-10-8-18(22)9-11-19/h4-11H,12-15H2,1-3H3. The molecule has 0 unspecified atom stereocenters. The maximum Gasteiger partial charge on any atom is 0.243 e. The molecule has 1 aliphatic heterocycles. The van der Waals surface area contributed by atoms with Gasteiger partial charge in [0.15, 0.2) is 0 Å². The van der Waals surface area contributed by atoms with Gasteiger partial charge in [-0.15, -0.1) is 0 Å². The van der Waals surface area contributed by atoms with Crippen LogP contribution in [0.4, 0.5) is 0 Å². The van der Waals surface area contributed by atoms with E-state index < -0.39 is 10.0 Å². The molecule has 150 valence electrons. The van der Waals surface area contributed by atoms with Crippen LogP contribution in [-0.2, 0) is 15.4 Å². The molecule has 7 heteroatoms. The van der Waals surface area contributed by atoms with Crippen molar-refractivity contribution in [3.8, 4) is 0 Å². The van der Waals surface area contributed by atoms with Crippen molar-refractivity contribution < 1.29 is 8.42 Å².